The lowest BCUT2D eigenvalue weighted by molar-refractivity contribution is 0.938. The number of hydrogen-bond donors (Lipinski definition) is 2. The summed E-state index contributed by atoms with van der Waals surface area (Å²) in [6, 6.07) is 1.78. The molecule has 0 saturated carbocycles. The van der Waals surface area contributed by atoms with E-state index in [2.05, 4.69) is 40.6 Å². The molecule has 0 aliphatic heterocycles. The first-order valence-corrected chi connectivity index (χ1v) is 4.39. The molecule has 0 spiro atoms. The molecule has 0 aromatic carbocycles. The van der Waals surface area contributed by atoms with Crippen LogP contribution in [0.15, 0.2) is 37.3 Å². The number of nitrogens with zero attached hydrogens (tertiary/aromatic N) is 6. The smallest absolute Gasteiger partial charge is 0.203 e. The molecular weight excluding hydrogens is 208 g/mol. The van der Waals surface area contributed by atoms with Gasteiger partial charge in [-0.2, -0.15) is 5.10 Å². The zero-order valence-corrected chi connectivity index (χ0v) is 8.15. The van der Waals surface area contributed by atoms with Crippen molar-refractivity contribution < 1.29 is 0 Å². The van der Waals surface area contributed by atoms with Crippen molar-refractivity contribution in [2.24, 2.45) is 0 Å². The van der Waals surface area contributed by atoms with Crippen molar-refractivity contribution in [3.8, 4) is 11.5 Å². The Balaban J connectivity index is 0.000000138. The number of rotatable bonds is 1. The van der Waals surface area contributed by atoms with E-state index in [1.807, 2.05) is 0 Å². The maximum absolute atomic E-state index is 3.87. The molecule has 0 unspecified atom stereocenters. The van der Waals surface area contributed by atoms with Crippen LogP contribution < -0.4 is 0 Å². The van der Waals surface area contributed by atoms with Crippen molar-refractivity contribution in [3.05, 3.63) is 37.3 Å². The fraction of sp³-hybridized carbons (Fsp3) is 0. The Bertz CT molecular complexity index is 415. The zero-order chi connectivity index (χ0) is 11.1. The third-order valence-corrected chi connectivity index (χ3v) is 1.54. The van der Waals surface area contributed by atoms with Crippen LogP contribution in [0.2, 0.25) is 0 Å². The number of aromatic amines is 2. The summed E-state index contributed by atoms with van der Waals surface area (Å²) in [7, 11) is 0. The van der Waals surface area contributed by atoms with Crippen LogP contribution in [0.1, 0.15) is 0 Å². The second-order valence-corrected chi connectivity index (χ2v) is 2.59. The van der Waals surface area contributed by atoms with Crippen LogP contribution >= 0.6 is 0 Å². The minimum atomic E-state index is 0.550. The Kier molecular flexibility index (Phi) is 3.27. The van der Waals surface area contributed by atoms with E-state index in [-0.39, 0.29) is 0 Å². The molecule has 0 radical (unpaired) electrons. The Hall–Kier alpha value is -2.64. The van der Waals surface area contributed by atoms with Gasteiger partial charge in [-0.25, -0.2) is 15.0 Å². The molecule has 16 heavy (non-hydrogen) atoms. The van der Waals surface area contributed by atoms with Crippen molar-refractivity contribution in [2.75, 3.05) is 0 Å². The van der Waals surface area contributed by atoms with E-state index >= 15 is 0 Å². The van der Waals surface area contributed by atoms with Gasteiger partial charge in [0.15, 0.2) is 5.69 Å². The Morgan fingerprint density at radius 2 is 1.94 bits per heavy atom. The van der Waals surface area contributed by atoms with Gasteiger partial charge in [-0.1, -0.05) is 5.21 Å². The number of hydrogen-bond acceptors (Lipinski definition) is 6. The predicted octanol–water partition coefficient (Wildman–Crippen LogP) is 0.0664. The number of nitrogens with one attached hydrogen (secondary N) is 2. The van der Waals surface area contributed by atoms with E-state index in [9.17, 15) is 0 Å². The minimum Gasteiger partial charge on any atom is -0.265 e. The van der Waals surface area contributed by atoms with Crippen molar-refractivity contribution in [2.45, 2.75) is 0 Å². The standard InChI is InChI=1S/C4H4N6.C4H4N2/c1-3(8-10-6-1)4-5-2-7-9-4;1-2-5-4-6-3-1/h1-2H,(H,5,7,9)(H,6,8,10);1-4H. The highest BCUT2D eigenvalue weighted by Crippen LogP contribution is 2.04. The molecule has 80 valence electrons. The quantitative estimate of drug-likeness (QED) is 0.595. The molecule has 8 heteroatoms. The predicted molar refractivity (Wildman–Crippen MR) is 53.8 cm³/mol. The van der Waals surface area contributed by atoms with Gasteiger partial charge >= 0.3 is 0 Å². The summed E-state index contributed by atoms with van der Waals surface area (Å²) in [4.78, 5) is 11.2. The van der Waals surface area contributed by atoms with Crippen LogP contribution in [0, 0.1) is 0 Å². The topological polar surface area (TPSA) is 109 Å². The third-order valence-electron chi connectivity index (χ3n) is 1.54. The van der Waals surface area contributed by atoms with Crippen LogP contribution in [-0.4, -0.2) is 40.6 Å². The lowest BCUT2D eigenvalue weighted by atomic mass is 10.5. The fourth-order valence-corrected chi connectivity index (χ4v) is 0.897. The molecule has 3 aromatic heterocycles. The van der Waals surface area contributed by atoms with E-state index in [1.165, 1.54) is 12.7 Å². The summed E-state index contributed by atoms with van der Waals surface area (Å²) < 4.78 is 0. The molecule has 0 atom stereocenters. The van der Waals surface area contributed by atoms with Crippen molar-refractivity contribution >= 4 is 0 Å². The molecule has 0 fully saturated rings. The molecule has 0 bridgehead atoms. The zero-order valence-electron chi connectivity index (χ0n) is 8.15. The van der Waals surface area contributed by atoms with Crippen LogP contribution in [0.3, 0.4) is 0 Å². The SMILES string of the molecule is c1cncnc1.c1nc(-c2c[nH]nn2)n[nH]1. The summed E-state index contributed by atoms with van der Waals surface area (Å²) in [6.07, 6.45) is 7.99. The van der Waals surface area contributed by atoms with Gasteiger partial charge in [-0.15, -0.1) is 5.10 Å². The first-order valence-electron chi connectivity index (χ1n) is 4.39. The molecule has 0 amide bonds. The maximum atomic E-state index is 3.87. The number of aromatic nitrogens is 8. The van der Waals surface area contributed by atoms with Gasteiger partial charge in [0.05, 0.1) is 6.20 Å². The molecular formula is C8H8N8. The molecule has 0 aliphatic rings. The van der Waals surface area contributed by atoms with Crippen LogP contribution in [0.25, 0.3) is 11.5 Å². The maximum Gasteiger partial charge on any atom is 0.203 e. The normalized spacial score (nSPS) is 9.25. The first kappa shape index (κ1) is 9.90. The van der Waals surface area contributed by atoms with E-state index in [0.717, 1.165) is 0 Å². The molecule has 0 aliphatic carbocycles. The molecule has 3 rings (SSSR count). The number of H-pyrrole nitrogens is 2. The van der Waals surface area contributed by atoms with E-state index in [4.69, 9.17) is 0 Å². The molecule has 3 heterocycles. The highest BCUT2D eigenvalue weighted by Gasteiger charge is 2.01. The van der Waals surface area contributed by atoms with Gasteiger partial charge in [0.1, 0.15) is 12.7 Å². The van der Waals surface area contributed by atoms with Gasteiger partial charge in [0.2, 0.25) is 5.82 Å². The molecule has 2 N–H and O–H groups in total. The second-order valence-electron chi connectivity index (χ2n) is 2.59. The third kappa shape index (κ3) is 2.67. The lowest BCUT2D eigenvalue weighted by Crippen LogP contribution is -1.79. The summed E-state index contributed by atoms with van der Waals surface area (Å²) in [6.45, 7) is 0. The van der Waals surface area contributed by atoms with Crippen molar-refractivity contribution in [1.29, 1.82) is 0 Å². The summed E-state index contributed by atoms with van der Waals surface area (Å²) >= 11 is 0. The Labute approximate surface area is 90.2 Å². The molecule has 0 saturated heterocycles. The largest absolute Gasteiger partial charge is 0.265 e. The molecule has 8 nitrogen and oxygen atoms in total. The van der Waals surface area contributed by atoms with Gasteiger partial charge < -0.3 is 0 Å². The van der Waals surface area contributed by atoms with Crippen molar-refractivity contribution in [1.82, 2.24) is 40.6 Å². The second kappa shape index (κ2) is 5.29. The summed E-state index contributed by atoms with van der Waals surface area (Å²) in [5, 5.41) is 16.2. The monoisotopic (exact) mass is 216 g/mol. The van der Waals surface area contributed by atoms with Crippen LogP contribution in [0.5, 0.6) is 0 Å². The lowest BCUT2D eigenvalue weighted by Gasteiger charge is -1.78. The van der Waals surface area contributed by atoms with Crippen LogP contribution in [-0.2, 0) is 0 Å². The summed E-state index contributed by atoms with van der Waals surface area (Å²) in [5.74, 6) is 0.550. The van der Waals surface area contributed by atoms with Crippen LogP contribution in [0.4, 0.5) is 0 Å². The average Bonchev–Trinajstić information content (AvgIpc) is 3.05. The Morgan fingerprint density at radius 1 is 1.06 bits per heavy atom. The van der Waals surface area contributed by atoms with Gasteiger partial charge in [0, 0.05) is 12.4 Å². The van der Waals surface area contributed by atoms with E-state index < -0.39 is 0 Å². The highest BCUT2D eigenvalue weighted by atomic mass is 15.3. The Morgan fingerprint density at radius 3 is 2.38 bits per heavy atom. The van der Waals surface area contributed by atoms with Gasteiger partial charge in [-0.05, 0) is 6.07 Å². The van der Waals surface area contributed by atoms with E-state index in [0.29, 0.717) is 11.5 Å². The first-order chi connectivity index (χ1) is 7.97. The van der Waals surface area contributed by atoms with E-state index in [1.54, 1.807) is 24.7 Å². The minimum absolute atomic E-state index is 0.550. The average molecular weight is 216 g/mol. The molecule has 3 aromatic rings. The van der Waals surface area contributed by atoms with Gasteiger partial charge in [0.25, 0.3) is 0 Å². The highest BCUT2D eigenvalue weighted by molar-refractivity contribution is 5.44. The summed E-state index contributed by atoms with van der Waals surface area (Å²) in [5.41, 5.74) is 0.640. The van der Waals surface area contributed by atoms with Gasteiger partial charge in [-0.3, -0.25) is 10.2 Å². The van der Waals surface area contributed by atoms with Crippen molar-refractivity contribution in [3.63, 3.8) is 0 Å². The fourth-order valence-electron chi connectivity index (χ4n) is 0.897.